The van der Waals surface area contributed by atoms with E-state index in [0.717, 1.165) is 37.3 Å². The minimum Gasteiger partial charge on any atom is -0.494 e. The number of carbonyl (C=O) groups excluding carboxylic acids is 1. The lowest BCUT2D eigenvalue weighted by Gasteiger charge is -2.06. The summed E-state index contributed by atoms with van der Waals surface area (Å²) >= 11 is 5.93. The normalized spacial score (nSPS) is 12.0. The Kier molecular flexibility index (Phi) is 12.4. The van der Waals surface area contributed by atoms with Gasteiger partial charge in [0.2, 0.25) is 5.91 Å². The van der Waals surface area contributed by atoms with Gasteiger partial charge in [0.1, 0.15) is 5.75 Å². The van der Waals surface area contributed by atoms with Crippen LogP contribution < -0.4 is 10.1 Å². The highest BCUT2D eigenvalue weighted by Crippen LogP contribution is 2.17. The Balaban J connectivity index is 2.01. The number of carbonyl (C=O) groups is 1. The lowest BCUT2D eigenvalue weighted by atomic mass is 10.1. The van der Waals surface area contributed by atoms with Crippen molar-refractivity contribution in [2.45, 2.75) is 59.3 Å². The van der Waals surface area contributed by atoms with Gasteiger partial charge in [-0.3, -0.25) is 4.79 Å². The molecule has 0 heterocycles. The zero-order valence-electron chi connectivity index (χ0n) is 17.0. The van der Waals surface area contributed by atoms with Gasteiger partial charge >= 0.3 is 0 Å². The summed E-state index contributed by atoms with van der Waals surface area (Å²) in [6.45, 7) is 7.59. The third-order valence-corrected chi connectivity index (χ3v) is 4.24. The van der Waals surface area contributed by atoms with E-state index in [0.29, 0.717) is 10.9 Å². The lowest BCUT2D eigenvalue weighted by Crippen LogP contribution is -2.25. The van der Waals surface area contributed by atoms with E-state index in [9.17, 15) is 4.79 Å². The summed E-state index contributed by atoms with van der Waals surface area (Å²) in [6, 6.07) is 7.53. The molecule has 0 aromatic heterocycles. The van der Waals surface area contributed by atoms with Crippen LogP contribution in [0.1, 0.15) is 59.3 Å². The van der Waals surface area contributed by atoms with Crippen molar-refractivity contribution in [2.75, 3.05) is 13.2 Å². The maximum absolute atomic E-state index is 11.7. The van der Waals surface area contributed by atoms with Crippen LogP contribution in [0.2, 0.25) is 5.02 Å². The van der Waals surface area contributed by atoms with Crippen molar-refractivity contribution >= 4 is 17.5 Å². The molecule has 0 saturated heterocycles. The Bertz CT molecular complexity index is 608. The Hall–Kier alpha value is -1.74. The minimum atomic E-state index is -0.00848. The molecule has 27 heavy (non-hydrogen) atoms. The molecular weight excluding hydrogens is 358 g/mol. The summed E-state index contributed by atoms with van der Waals surface area (Å²) in [4.78, 5) is 11.7. The predicted octanol–water partition coefficient (Wildman–Crippen LogP) is 6.33. The van der Waals surface area contributed by atoms with Crippen LogP contribution in [0, 0.1) is 5.92 Å². The quantitative estimate of drug-likeness (QED) is 0.242. The number of nitrogens with one attached hydrogen (secondary N) is 1. The Morgan fingerprint density at radius 1 is 1.19 bits per heavy atom. The third-order valence-electron chi connectivity index (χ3n) is 4.00. The van der Waals surface area contributed by atoms with Gasteiger partial charge in [0.15, 0.2) is 0 Å². The molecule has 0 aliphatic heterocycles. The molecule has 1 N–H and O–H groups in total. The van der Waals surface area contributed by atoms with E-state index in [1.165, 1.54) is 25.7 Å². The van der Waals surface area contributed by atoms with Gasteiger partial charge in [-0.2, -0.15) is 0 Å². The predicted molar refractivity (Wildman–Crippen MR) is 115 cm³/mol. The van der Waals surface area contributed by atoms with E-state index >= 15 is 0 Å². The minimum absolute atomic E-state index is 0.00848. The highest BCUT2D eigenvalue weighted by atomic mass is 35.5. The Morgan fingerprint density at radius 3 is 2.67 bits per heavy atom. The van der Waals surface area contributed by atoms with Crippen LogP contribution in [0.3, 0.4) is 0 Å². The SMILES string of the molecule is CC(/C=C/CCCCCCCOc1cccc(Cl)c1)=C\C(=O)NCC(C)C. The summed E-state index contributed by atoms with van der Waals surface area (Å²) in [6.07, 6.45) is 12.8. The zero-order chi connectivity index (χ0) is 19.9. The molecule has 0 bridgehead atoms. The number of hydrogen-bond acceptors (Lipinski definition) is 2. The number of allylic oxidation sites excluding steroid dienone is 3. The average molecular weight is 392 g/mol. The summed E-state index contributed by atoms with van der Waals surface area (Å²) in [5.74, 6) is 1.31. The van der Waals surface area contributed by atoms with E-state index in [4.69, 9.17) is 16.3 Å². The van der Waals surface area contributed by atoms with Gasteiger partial charge in [0.25, 0.3) is 0 Å². The van der Waals surface area contributed by atoms with Gasteiger partial charge in [-0.1, -0.05) is 62.9 Å². The fourth-order valence-corrected chi connectivity index (χ4v) is 2.70. The van der Waals surface area contributed by atoms with E-state index in [2.05, 4.69) is 25.2 Å². The van der Waals surface area contributed by atoms with Crippen LogP contribution in [0.4, 0.5) is 0 Å². The summed E-state index contributed by atoms with van der Waals surface area (Å²) in [5, 5.41) is 3.61. The van der Waals surface area contributed by atoms with Gasteiger partial charge in [-0.25, -0.2) is 0 Å². The number of halogens is 1. The maximum Gasteiger partial charge on any atom is 0.244 e. The molecular formula is C23H34ClNO2. The van der Waals surface area contributed by atoms with Gasteiger partial charge in [0.05, 0.1) is 6.61 Å². The number of benzene rings is 1. The van der Waals surface area contributed by atoms with E-state index < -0.39 is 0 Å². The van der Waals surface area contributed by atoms with Crippen LogP contribution in [-0.4, -0.2) is 19.1 Å². The molecule has 0 saturated carbocycles. The maximum atomic E-state index is 11.7. The smallest absolute Gasteiger partial charge is 0.244 e. The van der Waals surface area contributed by atoms with Crippen LogP contribution >= 0.6 is 11.6 Å². The highest BCUT2D eigenvalue weighted by Gasteiger charge is 1.98. The molecule has 0 aliphatic rings. The molecule has 4 heteroatoms. The van der Waals surface area contributed by atoms with Crippen LogP contribution in [0.5, 0.6) is 5.75 Å². The summed E-state index contributed by atoms with van der Waals surface area (Å²) < 4.78 is 5.69. The molecule has 0 radical (unpaired) electrons. The Morgan fingerprint density at radius 2 is 1.93 bits per heavy atom. The summed E-state index contributed by atoms with van der Waals surface area (Å²) in [7, 11) is 0. The van der Waals surface area contributed by atoms with Crippen molar-refractivity contribution < 1.29 is 9.53 Å². The number of unbranched alkanes of at least 4 members (excludes halogenated alkanes) is 5. The molecule has 0 spiro atoms. The first-order valence-corrected chi connectivity index (χ1v) is 10.4. The molecule has 0 aliphatic carbocycles. The monoisotopic (exact) mass is 391 g/mol. The summed E-state index contributed by atoms with van der Waals surface area (Å²) in [5.41, 5.74) is 0.995. The Labute approximate surface area is 169 Å². The first kappa shape index (κ1) is 23.3. The molecule has 1 amide bonds. The molecule has 3 nitrogen and oxygen atoms in total. The van der Waals surface area contributed by atoms with Crippen molar-refractivity contribution in [2.24, 2.45) is 5.92 Å². The number of rotatable bonds is 13. The lowest BCUT2D eigenvalue weighted by molar-refractivity contribution is -0.116. The second-order valence-electron chi connectivity index (χ2n) is 7.29. The zero-order valence-corrected chi connectivity index (χ0v) is 17.7. The standard InChI is InChI=1S/C23H34ClNO2/c1-19(2)18-25-23(26)16-20(3)12-9-7-5-4-6-8-10-15-27-22-14-11-13-21(24)17-22/h9,11-14,16-17,19H,4-8,10,15,18H2,1-3H3,(H,25,26)/b12-9+,20-16+. The van der Waals surface area contributed by atoms with Crippen LogP contribution in [0.15, 0.2) is 48.1 Å². The molecule has 0 fully saturated rings. The molecule has 1 aromatic carbocycles. The number of ether oxygens (including phenoxy) is 1. The van der Waals surface area contributed by atoms with Gasteiger partial charge in [0, 0.05) is 17.6 Å². The third kappa shape index (κ3) is 13.1. The van der Waals surface area contributed by atoms with Crippen LogP contribution in [0.25, 0.3) is 0 Å². The molecule has 1 rings (SSSR count). The average Bonchev–Trinajstić information content (AvgIpc) is 2.61. The molecule has 0 unspecified atom stereocenters. The van der Waals surface area contributed by atoms with E-state index in [1.54, 1.807) is 6.08 Å². The van der Waals surface area contributed by atoms with Crippen molar-refractivity contribution in [3.05, 3.63) is 53.1 Å². The topological polar surface area (TPSA) is 38.3 Å². The van der Waals surface area contributed by atoms with Crippen molar-refractivity contribution in [1.29, 1.82) is 0 Å². The first-order valence-electron chi connectivity index (χ1n) is 9.98. The van der Waals surface area contributed by atoms with Gasteiger partial charge in [-0.15, -0.1) is 0 Å². The highest BCUT2D eigenvalue weighted by molar-refractivity contribution is 6.30. The number of hydrogen-bond donors (Lipinski definition) is 1. The van der Waals surface area contributed by atoms with E-state index in [1.807, 2.05) is 37.3 Å². The van der Waals surface area contributed by atoms with Gasteiger partial charge < -0.3 is 10.1 Å². The van der Waals surface area contributed by atoms with Crippen molar-refractivity contribution in [3.63, 3.8) is 0 Å². The van der Waals surface area contributed by atoms with Crippen LogP contribution in [-0.2, 0) is 4.79 Å². The second-order valence-corrected chi connectivity index (χ2v) is 7.73. The molecule has 150 valence electrons. The van der Waals surface area contributed by atoms with Gasteiger partial charge in [-0.05, 0) is 55.9 Å². The van der Waals surface area contributed by atoms with E-state index in [-0.39, 0.29) is 5.91 Å². The fourth-order valence-electron chi connectivity index (χ4n) is 2.52. The van der Waals surface area contributed by atoms with Crippen molar-refractivity contribution in [1.82, 2.24) is 5.32 Å². The number of amides is 1. The van der Waals surface area contributed by atoms with Crippen molar-refractivity contribution in [3.8, 4) is 5.75 Å². The largest absolute Gasteiger partial charge is 0.494 e. The fraction of sp³-hybridized carbons (Fsp3) is 0.522. The first-order chi connectivity index (χ1) is 13.0. The molecule has 1 aromatic rings. The second kappa shape index (κ2) is 14.3. The molecule has 0 atom stereocenters.